The van der Waals surface area contributed by atoms with Gasteiger partial charge in [0, 0.05) is 10.8 Å². The van der Waals surface area contributed by atoms with Crippen LogP contribution in [0.15, 0.2) is 40.2 Å². The van der Waals surface area contributed by atoms with Gasteiger partial charge in [0.1, 0.15) is 11.8 Å². The van der Waals surface area contributed by atoms with E-state index in [0.717, 1.165) is 38.4 Å². The molecule has 2 aliphatic rings. The summed E-state index contributed by atoms with van der Waals surface area (Å²) in [5.74, 6) is -3.39. The first-order valence-electron chi connectivity index (χ1n) is 7.49. The monoisotopic (exact) mass is 376 g/mol. The van der Waals surface area contributed by atoms with Gasteiger partial charge >= 0.3 is 10.8 Å². The molecule has 2 aliphatic heterocycles. The molecule has 4 rings (SSSR count). The molecule has 0 saturated carbocycles. The average molecular weight is 376 g/mol. The van der Waals surface area contributed by atoms with Gasteiger partial charge in [-0.3, -0.25) is 24.1 Å². The van der Waals surface area contributed by atoms with Gasteiger partial charge in [-0.05, 0) is 5.56 Å². The topological polar surface area (TPSA) is 108 Å². The van der Waals surface area contributed by atoms with Crippen molar-refractivity contribution >= 4 is 40.9 Å². The van der Waals surface area contributed by atoms with Crippen molar-refractivity contribution in [2.45, 2.75) is 16.2 Å². The molecule has 1 fully saturated rings. The third-order valence-corrected chi connectivity index (χ3v) is 6.77. The number of thiazole rings is 1. The van der Waals surface area contributed by atoms with Gasteiger partial charge in [-0.1, -0.05) is 53.4 Å². The minimum Gasteiger partial charge on any atom is -0.480 e. The number of thioether (sulfide) groups is 1. The summed E-state index contributed by atoms with van der Waals surface area (Å²) in [6, 6.07) is 9.21. The minimum atomic E-state index is -1.23. The second kappa shape index (κ2) is 5.85. The Morgan fingerprint density at radius 3 is 2.56 bits per heavy atom. The minimum absolute atomic E-state index is 0.235. The van der Waals surface area contributed by atoms with E-state index in [1.807, 2.05) is 30.3 Å². The van der Waals surface area contributed by atoms with Crippen molar-refractivity contribution in [1.82, 2.24) is 9.88 Å². The summed E-state index contributed by atoms with van der Waals surface area (Å²) in [7, 11) is 0. The molecule has 2 unspecified atom stereocenters. The number of aromatic amines is 1. The van der Waals surface area contributed by atoms with Gasteiger partial charge in [-0.15, -0.1) is 0 Å². The molecule has 1 aromatic heterocycles. The van der Waals surface area contributed by atoms with E-state index in [1.165, 1.54) is 0 Å². The summed E-state index contributed by atoms with van der Waals surface area (Å²) in [6.45, 7) is -0.642. The Hall–Kier alpha value is -2.39. The number of H-pyrrole nitrogens is 1. The number of aliphatic carboxylic acids is 1. The summed E-state index contributed by atoms with van der Waals surface area (Å²) < 4.78 is 0. The van der Waals surface area contributed by atoms with Crippen LogP contribution in [-0.4, -0.2) is 44.6 Å². The number of likely N-dealkylation sites (tertiary alicyclic amines) is 1. The lowest BCUT2D eigenvalue weighted by atomic mass is 9.83. The van der Waals surface area contributed by atoms with E-state index >= 15 is 0 Å². The maximum absolute atomic E-state index is 12.8. The normalized spacial score (nSPS) is 25.0. The largest absolute Gasteiger partial charge is 0.480 e. The van der Waals surface area contributed by atoms with Crippen molar-refractivity contribution in [3.63, 3.8) is 0 Å². The van der Waals surface area contributed by atoms with Crippen molar-refractivity contribution in [3.05, 3.63) is 50.4 Å². The van der Waals surface area contributed by atoms with Crippen LogP contribution in [0.1, 0.15) is 16.4 Å². The molecule has 1 saturated heterocycles. The van der Waals surface area contributed by atoms with Crippen molar-refractivity contribution in [2.75, 3.05) is 6.54 Å². The summed E-state index contributed by atoms with van der Waals surface area (Å²) in [5, 5.41) is 8.86. The number of imide groups is 1. The maximum Gasteiger partial charge on any atom is 0.323 e. The van der Waals surface area contributed by atoms with Gasteiger partial charge < -0.3 is 10.1 Å². The number of benzene rings is 1. The molecule has 25 heavy (non-hydrogen) atoms. The van der Waals surface area contributed by atoms with Gasteiger partial charge in [-0.25, -0.2) is 0 Å². The van der Waals surface area contributed by atoms with Crippen LogP contribution in [-0.2, 0) is 14.4 Å². The van der Waals surface area contributed by atoms with Crippen LogP contribution in [0.25, 0.3) is 0 Å². The number of aromatic nitrogens is 1. The van der Waals surface area contributed by atoms with E-state index < -0.39 is 41.4 Å². The molecule has 0 bridgehead atoms. The molecule has 0 aliphatic carbocycles. The Kier molecular flexibility index (Phi) is 3.77. The number of rotatable bonds is 3. The van der Waals surface area contributed by atoms with Gasteiger partial charge in [0.05, 0.1) is 10.9 Å². The highest BCUT2D eigenvalue weighted by Crippen LogP contribution is 2.52. The van der Waals surface area contributed by atoms with E-state index in [1.54, 1.807) is 0 Å². The highest BCUT2D eigenvalue weighted by Gasteiger charge is 2.56. The number of carboxylic acids is 1. The van der Waals surface area contributed by atoms with Crippen molar-refractivity contribution < 1.29 is 19.5 Å². The van der Waals surface area contributed by atoms with Gasteiger partial charge in [-0.2, -0.15) is 0 Å². The summed E-state index contributed by atoms with van der Waals surface area (Å²) in [4.78, 5) is 52.3. The van der Waals surface area contributed by atoms with Gasteiger partial charge in [0.25, 0.3) is 0 Å². The lowest BCUT2D eigenvalue weighted by molar-refractivity contribution is -0.149. The standard InChI is InChI=1S/C16H12N2O5S2/c19-8(20)6-18-14(21)10-9(7-4-2-1-3-5-7)11-13(17-16(23)25-11)24-12(10)15(18)22/h1-5,9-10,12H,6H2,(H,17,23)(H,19,20)/t9-,10?,12?/m1/s1. The molecule has 2 amide bonds. The van der Waals surface area contributed by atoms with E-state index in [9.17, 15) is 19.2 Å². The molecule has 7 nitrogen and oxygen atoms in total. The predicted octanol–water partition coefficient (Wildman–Crippen LogP) is 1.11. The second-order valence-electron chi connectivity index (χ2n) is 5.82. The number of nitrogens with one attached hydrogen (secondary N) is 1. The predicted molar refractivity (Wildman–Crippen MR) is 90.7 cm³/mol. The van der Waals surface area contributed by atoms with Gasteiger partial charge in [0.15, 0.2) is 0 Å². The molecule has 2 aromatic rings. The number of hydrogen-bond donors (Lipinski definition) is 2. The van der Waals surface area contributed by atoms with Crippen LogP contribution in [0.3, 0.4) is 0 Å². The lowest BCUT2D eigenvalue weighted by Gasteiger charge is -2.29. The first kappa shape index (κ1) is 16.1. The zero-order valence-corrected chi connectivity index (χ0v) is 14.3. The first-order chi connectivity index (χ1) is 12.0. The van der Waals surface area contributed by atoms with Crippen LogP contribution in [0.4, 0.5) is 0 Å². The van der Waals surface area contributed by atoms with E-state index in [0.29, 0.717) is 5.03 Å². The molecule has 3 heterocycles. The molecule has 1 aromatic carbocycles. The fourth-order valence-corrected chi connectivity index (χ4v) is 5.92. The van der Waals surface area contributed by atoms with Crippen LogP contribution in [0.2, 0.25) is 0 Å². The number of nitrogens with zero attached hydrogens (tertiary/aromatic N) is 1. The molecule has 2 N–H and O–H groups in total. The molecular weight excluding hydrogens is 364 g/mol. The summed E-state index contributed by atoms with van der Waals surface area (Å²) in [6.07, 6.45) is 0. The van der Waals surface area contributed by atoms with E-state index in [2.05, 4.69) is 4.98 Å². The lowest BCUT2D eigenvalue weighted by Crippen LogP contribution is -2.36. The van der Waals surface area contributed by atoms with E-state index in [4.69, 9.17) is 5.11 Å². The maximum atomic E-state index is 12.8. The molecular formula is C16H12N2O5S2. The average Bonchev–Trinajstić information content (AvgIpc) is 3.06. The number of carbonyl (C=O) groups is 3. The highest BCUT2D eigenvalue weighted by atomic mass is 32.2. The van der Waals surface area contributed by atoms with Crippen molar-refractivity contribution in [1.29, 1.82) is 0 Å². The Morgan fingerprint density at radius 2 is 1.88 bits per heavy atom. The third-order valence-electron chi connectivity index (χ3n) is 4.37. The zero-order valence-electron chi connectivity index (χ0n) is 12.7. The molecule has 128 valence electrons. The molecule has 9 heteroatoms. The smallest absolute Gasteiger partial charge is 0.323 e. The molecule has 3 atom stereocenters. The van der Waals surface area contributed by atoms with Crippen molar-refractivity contribution in [3.8, 4) is 0 Å². The Bertz CT molecular complexity index is 936. The summed E-state index contributed by atoms with van der Waals surface area (Å²) in [5.41, 5.74) is 0.827. The molecule has 0 radical (unpaired) electrons. The second-order valence-corrected chi connectivity index (χ2v) is 7.98. The number of carboxylic acid groups (broad SMARTS) is 1. The number of hydrogen-bond acceptors (Lipinski definition) is 6. The number of amides is 2. The fourth-order valence-electron chi connectivity index (χ4n) is 3.38. The number of fused-ring (bicyclic) bond motifs is 2. The SMILES string of the molecule is O=C(O)CN1C(=O)C2Sc3[nH]c(=O)sc3[C@H](c3ccccc3)C2C1=O. The molecule has 0 spiro atoms. The van der Waals surface area contributed by atoms with Crippen LogP contribution >= 0.6 is 23.1 Å². The number of carbonyl (C=O) groups excluding carboxylic acids is 2. The zero-order chi connectivity index (χ0) is 17.7. The first-order valence-corrected chi connectivity index (χ1v) is 9.18. The van der Waals surface area contributed by atoms with Gasteiger partial charge in [0.2, 0.25) is 11.8 Å². The fraction of sp³-hybridized carbons (Fsp3) is 0.250. The Labute approximate surface area is 149 Å². The Morgan fingerprint density at radius 1 is 1.16 bits per heavy atom. The van der Waals surface area contributed by atoms with Crippen LogP contribution < -0.4 is 4.87 Å². The van der Waals surface area contributed by atoms with E-state index in [-0.39, 0.29) is 4.87 Å². The van der Waals surface area contributed by atoms with Crippen molar-refractivity contribution in [2.24, 2.45) is 5.92 Å². The Balaban J connectivity index is 1.85. The van der Waals surface area contributed by atoms with Crippen LogP contribution in [0.5, 0.6) is 0 Å². The van der Waals surface area contributed by atoms with Crippen LogP contribution in [0, 0.1) is 5.92 Å². The third kappa shape index (κ3) is 2.50. The highest BCUT2D eigenvalue weighted by molar-refractivity contribution is 8.00. The summed E-state index contributed by atoms with van der Waals surface area (Å²) >= 11 is 2.17. The quantitative estimate of drug-likeness (QED) is 0.777.